The summed E-state index contributed by atoms with van der Waals surface area (Å²) in [6.07, 6.45) is 1.80. The van der Waals surface area contributed by atoms with Crippen LogP contribution in [-0.4, -0.2) is 4.98 Å². The third-order valence-electron chi connectivity index (χ3n) is 1.15. The number of fused-ring (bicyclic) bond motifs is 1. The van der Waals surface area contributed by atoms with Gasteiger partial charge in [0.15, 0.2) is 0 Å². The molecule has 0 aromatic carbocycles. The van der Waals surface area contributed by atoms with Crippen molar-refractivity contribution in [3.8, 4) is 10.6 Å². The van der Waals surface area contributed by atoms with Crippen LogP contribution in [0.4, 0.5) is 0 Å². The van der Waals surface area contributed by atoms with Crippen molar-refractivity contribution in [1.82, 2.24) is 4.98 Å². The highest BCUT2D eigenvalue weighted by atomic mass is 32.1. The fourth-order valence-corrected chi connectivity index (χ4v) is 1.39. The Morgan fingerprint density at radius 3 is 3.44 bits per heavy atom. The molecule has 0 amide bonds. The van der Waals surface area contributed by atoms with Gasteiger partial charge in [0, 0.05) is 17.6 Å². The van der Waals surface area contributed by atoms with Gasteiger partial charge in [0.1, 0.15) is 0 Å². The maximum absolute atomic E-state index is 4.10. The molecule has 0 aromatic heterocycles. The van der Waals surface area contributed by atoms with E-state index in [1.54, 1.807) is 17.5 Å². The molecule has 2 aliphatic rings. The zero-order chi connectivity index (χ0) is 6.10. The van der Waals surface area contributed by atoms with E-state index in [0.717, 1.165) is 5.69 Å². The summed E-state index contributed by atoms with van der Waals surface area (Å²) in [6.45, 7) is 0. The van der Waals surface area contributed by atoms with Crippen LogP contribution in [0.1, 0.15) is 0 Å². The predicted octanol–water partition coefficient (Wildman–Crippen LogP) is 2.05. The smallest absolute Gasteiger partial charge is 0.0881 e. The molecule has 0 aromatic rings. The molecule has 0 bridgehead atoms. The van der Waals surface area contributed by atoms with Gasteiger partial charge in [-0.15, -0.1) is 11.3 Å². The molecule has 0 saturated carbocycles. The molecule has 0 spiro atoms. The molecule has 0 N–H and O–H groups in total. The first-order chi connectivity index (χ1) is 4.47. The van der Waals surface area contributed by atoms with Crippen LogP contribution in [-0.2, 0) is 0 Å². The molecule has 9 heavy (non-hydrogen) atoms. The van der Waals surface area contributed by atoms with Gasteiger partial charge < -0.3 is 0 Å². The van der Waals surface area contributed by atoms with E-state index in [4.69, 9.17) is 0 Å². The van der Waals surface area contributed by atoms with Gasteiger partial charge in [-0.05, 0) is 6.07 Å². The van der Waals surface area contributed by atoms with Crippen LogP contribution >= 0.6 is 11.3 Å². The first-order valence-corrected chi connectivity index (χ1v) is 3.55. The Labute approximate surface area is 57.3 Å². The first-order valence-electron chi connectivity index (χ1n) is 2.67. The molecule has 1 heterocycles. The van der Waals surface area contributed by atoms with E-state index in [-0.39, 0.29) is 0 Å². The molecule has 2 heteroatoms. The van der Waals surface area contributed by atoms with E-state index in [9.17, 15) is 0 Å². The van der Waals surface area contributed by atoms with Crippen LogP contribution in [0.2, 0.25) is 0 Å². The molecule has 1 aliphatic carbocycles. The van der Waals surface area contributed by atoms with Crippen LogP contribution in [0.25, 0.3) is 10.6 Å². The molecular formula is C7H4NS. The number of hydrogen-bond donors (Lipinski definition) is 0. The summed E-state index contributed by atoms with van der Waals surface area (Å²) >= 11 is 1.69. The van der Waals surface area contributed by atoms with Crippen LogP contribution in [0.3, 0.4) is 0 Å². The Hall–Kier alpha value is -0.890. The molecule has 1 radical (unpaired) electrons. The molecule has 43 valence electrons. The molecule has 0 unspecified atom stereocenters. The van der Waals surface area contributed by atoms with Crippen molar-refractivity contribution in [2.45, 2.75) is 0 Å². The molecular weight excluding hydrogens is 130 g/mol. The standard InChI is InChI=1S/C7H4NS/c1-2-6-7(3-1)9-5-4-8-6/h1,3-5H. The first kappa shape index (κ1) is 4.94. The van der Waals surface area contributed by atoms with Gasteiger partial charge in [-0.25, -0.2) is 0 Å². The molecule has 1 nitrogen and oxygen atoms in total. The number of hydrogen-bond acceptors (Lipinski definition) is 2. The second-order valence-corrected chi connectivity index (χ2v) is 2.67. The van der Waals surface area contributed by atoms with Crippen LogP contribution < -0.4 is 0 Å². The Balaban J connectivity index is 2.79. The van der Waals surface area contributed by atoms with Crippen molar-refractivity contribution < 1.29 is 0 Å². The van der Waals surface area contributed by atoms with Crippen LogP contribution in [0, 0.1) is 6.07 Å². The predicted molar refractivity (Wildman–Crippen MR) is 37.6 cm³/mol. The van der Waals surface area contributed by atoms with Crippen molar-refractivity contribution in [3.05, 3.63) is 29.8 Å². The average molecular weight is 134 g/mol. The second-order valence-electron chi connectivity index (χ2n) is 1.72. The lowest BCUT2D eigenvalue weighted by molar-refractivity contribution is 1.37. The fourth-order valence-electron chi connectivity index (χ4n) is 0.751. The lowest BCUT2D eigenvalue weighted by Gasteiger charge is -1.89. The summed E-state index contributed by atoms with van der Waals surface area (Å²) in [6, 6.07) is 6.94. The fraction of sp³-hybridized carbons (Fsp3) is 0. The molecule has 0 fully saturated rings. The molecule has 0 atom stereocenters. The van der Waals surface area contributed by atoms with Gasteiger partial charge >= 0.3 is 0 Å². The average Bonchev–Trinajstić information content (AvgIpc) is 2.33. The van der Waals surface area contributed by atoms with Gasteiger partial charge in [-0.3, -0.25) is 4.98 Å². The van der Waals surface area contributed by atoms with Crippen molar-refractivity contribution in [3.63, 3.8) is 0 Å². The van der Waals surface area contributed by atoms with E-state index in [2.05, 4.69) is 11.1 Å². The maximum Gasteiger partial charge on any atom is 0.0881 e. The maximum atomic E-state index is 4.10. The highest BCUT2D eigenvalue weighted by Crippen LogP contribution is 2.22. The normalized spacial score (nSPS) is 10.2. The van der Waals surface area contributed by atoms with Gasteiger partial charge in [0.2, 0.25) is 0 Å². The highest BCUT2D eigenvalue weighted by molar-refractivity contribution is 7.13. The third kappa shape index (κ3) is 0.715. The van der Waals surface area contributed by atoms with Crippen LogP contribution in [0.15, 0.2) is 23.7 Å². The largest absolute Gasteiger partial charge is 0.254 e. The number of aromatic nitrogens is 1. The van der Waals surface area contributed by atoms with E-state index in [1.165, 1.54) is 4.88 Å². The Bertz CT molecular complexity index is 249. The second kappa shape index (κ2) is 1.81. The van der Waals surface area contributed by atoms with Gasteiger partial charge in [0.05, 0.1) is 10.6 Å². The van der Waals surface area contributed by atoms with E-state index in [1.807, 2.05) is 17.5 Å². The molecule has 1 aliphatic heterocycles. The number of rotatable bonds is 0. The summed E-state index contributed by atoms with van der Waals surface area (Å²) in [4.78, 5) is 5.30. The van der Waals surface area contributed by atoms with E-state index < -0.39 is 0 Å². The van der Waals surface area contributed by atoms with Gasteiger partial charge in [-0.2, -0.15) is 0 Å². The minimum atomic E-state index is 0.975. The monoisotopic (exact) mass is 134 g/mol. The quantitative estimate of drug-likeness (QED) is 0.537. The zero-order valence-corrected chi connectivity index (χ0v) is 5.48. The summed E-state index contributed by atoms with van der Waals surface area (Å²) < 4.78 is 0. The van der Waals surface area contributed by atoms with Crippen molar-refractivity contribution in [1.29, 1.82) is 0 Å². The van der Waals surface area contributed by atoms with Gasteiger partial charge in [-0.1, -0.05) is 6.07 Å². The van der Waals surface area contributed by atoms with E-state index >= 15 is 0 Å². The Kier molecular flexibility index (Phi) is 0.993. The van der Waals surface area contributed by atoms with Crippen molar-refractivity contribution >= 4 is 11.3 Å². The summed E-state index contributed by atoms with van der Waals surface area (Å²) in [7, 11) is 0. The van der Waals surface area contributed by atoms with Crippen molar-refractivity contribution in [2.75, 3.05) is 0 Å². The Morgan fingerprint density at radius 1 is 1.56 bits per heavy atom. The molecule has 2 rings (SSSR count). The highest BCUT2D eigenvalue weighted by Gasteiger charge is 1.99. The SMILES string of the molecule is [c]1ccc2sccnc1-2. The lowest BCUT2D eigenvalue weighted by Crippen LogP contribution is -1.72. The van der Waals surface area contributed by atoms with E-state index in [0.29, 0.717) is 0 Å². The lowest BCUT2D eigenvalue weighted by atomic mass is 10.4. The van der Waals surface area contributed by atoms with Crippen molar-refractivity contribution in [2.24, 2.45) is 0 Å². The summed E-state index contributed by atoms with van der Waals surface area (Å²) in [5.74, 6) is 0. The zero-order valence-electron chi connectivity index (χ0n) is 4.66. The summed E-state index contributed by atoms with van der Waals surface area (Å²) in [5, 5.41) is 1.97. The third-order valence-corrected chi connectivity index (χ3v) is 1.99. The number of nitrogens with zero attached hydrogens (tertiary/aromatic N) is 1. The minimum Gasteiger partial charge on any atom is -0.254 e. The summed E-state index contributed by atoms with van der Waals surface area (Å²) in [5.41, 5.74) is 0.975. The topological polar surface area (TPSA) is 12.9 Å². The van der Waals surface area contributed by atoms with Crippen LogP contribution in [0.5, 0.6) is 0 Å². The van der Waals surface area contributed by atoms with Gasteiger partial charge in [0.25, 0.3) is 0 Å². The molecule has 0 saturated heterocycles. The minimum absolute atomic E-state index is 0.975. The Morgan fingerprint density at radius 2 is 2.56 bits per heavy atom.